The summed E-state index contributed by atoms with van der Waals surface area (Å²) in [6, 6.07) is 0.319. The summed E-state index contributed by atoms with van der Waals surface area (Å²) in [4.78, 5) is 16.8. The zero-order valence-electron chi connectivity index (χ0n) is 16.0. The number of thioether (sulfide) groups is 1. The summed E-state index contributed by atoms with van der Waals surface area (Å²) in [5, 5.41) is 10.5. The number of hydrogen-bond donors (Lipinski definition) is 1. The Morgan fingerprint density at radius 1 is 1.27 bits per heavy atom. The quantitative estimate of drug-likeness (QED) is 0.801. The van der Waals surface area contributed by atoms with Crippen molar-refractivity contribution in [3.05, 3.63) is 28.0 Å². The maximum absolute atomic E-state index is 12.3. The van der Waals surface area contributed by atoms with Gasteiger partial charge in [-0.1, -0.05) is 11.8 Å². The van der Waals surface area contributed by atoms with E-state index in [2.05, 4.69) is 34.6 Å². The normalized spacial score (nSPS) is 20.3. The minimum absolute atomic E-state index is 0.141. The number of aryl methyl sites for hydroxylation is 3. The molecule has 142 valence electrons. The summed E-state index contributed by atoms with van der Waals surface area (Å²) in [6.45, 7) is 8.86. The summed E-state index contributed by atoms with van der Waals surface area (Å²) in [7, 11) is 0. The number of carbonyl (C=O) groups is 1. The minimum atomic E-state index is 0.141. The lowest BCUT2D eigenvalue weighted by molar-refractivity contribution is -0.122. The predicted octanol–water partition coefficient (Wildman–Crippen LogP) is 4.18. The summed E-state index contributed by atoms with van der Waals surface area (Å²) < 4.78 is 3.13. The van der Waals surface area contributed by atoms with E-state index >= 15 is 0 Å². The van der Waals surface area contributed by atoms with Crippen LogP contribution in [0.15, 0.2) is 9.72 Å². The van der Waals surface area contributed by atoms with Gasteiger partial charge >= 0.3 is 0 Å². The second-order valence-corrected chi connectivity index (χ2v) is 9.59. The maximum atomic E-state index is 12.3. The molecule has 0 unspecified atom stereocenters. The second kappa shape index (κ2) is 8.57. The first-order chi connectivity index (χ1) is 12.4. The fourth-order valence-corrected chi connectivity index (χ4v) is 5.65. The Morgan fingerprint density at radius 3 is 2.58 bits per heavy atom. The fourth-order valence-electron chi connectivity index (χ4n) is 3.37. The first kappa shape index (κ1) is 19.4. The summed E-state index contributed by atoms with van der Waals surface area (Å²) in [6.07, 6.45) is 4.91. The number of carbonyl (C=O) groups excluding carboxylic acids is 1. The van der Waals surface area contributed by atoms with Crippen LogP contribution in [-0.2, 0) is 11.3 Å². The van der Waals surface area contributed by atoms with E-state index in [1.165, 1.54) is 9.90 Å². The van der Waals surface area contributed by atoms with Crippen LogP contribution in [0.5, 0.6) is 0 Å². The number of rotatable bonds is 6. The van der Waals surface area contributed by atoms with Crippen LogP contribution in [0.1, 0.15) is 54.7 Å². The van der Waals surface area contributed by atoms with Crippen molar-refractivity contribution in [2.75, 3.05) is 0 Å². The highest BCUT2D eigenvalue weighted by Gasteiger charge is 2.24. The third-order valence-electron chi connectivity index (χ3n) is 5.20. The third kappa shape index (κ3) is 4.88. The van der Waals surface area contributed by atoms with Gasteiger partial charge in [-0.3, -0.25) is 9.48 Å². The number of nitrogens with zero attached hydrogens (tertiary/aromatic N) is 3. The monoisotopic (exact) mass is 392 g/mol. The van der Waals surface area contributed by atoms with Crippen molar-refractivity contribution in [3.8, 4) is 0 Å². The molecular formula is C19H28N4OS2. The highest BCUT2D eigenvalue weighted by molar-refractivity contribution is 8.01. The van der Waals surface area contributed by atoms with E-state index in [-0.39, 0.29) is 5.91 Å². The molecule has 0 spiro atoms. The third-order valence-corrected chi connectivity index (χ3v) is 7.63. The Labute approximate surface area is 164 Å². The van der Waals surface area contributed by atoms with Gasteiger partial charge in [-0.05, 0) is 58.9 Å². The van der Waals surface area contributed by atoms with Gasteiger partial charge in [0.2, 0.25) is 5.91 Å². The highest BCUT2D eigenvalue weighted by atomic mass is 32.2. The van der Waals surface area contributed by atoms with Crippen LogP contribution in [0.25, 0.3) is 0 Å². The Balaban J connectivity index is 1.39. The van der Waals surface area contributed by atoms with Crippen molar-refractivity contribution >= 4 is 29.0 Å². The molecule has 0 saturated heterocycles. The van der Waals surface area contributed by atoms with Crippen molar-refractivity contribution < 1.29 is 4.79 Å². The van der Waals surface area contributed by atoms with E-state index in [4.69, 9.17) is 0 Å². The summed E-state index contributed by atoms with van der Waals surface area (Å²) in [5.74, 6) is 0.141. The zero-order chi connectivity index (χ0) is 18.7. The lowest BCUT2D eigenvalue weighted by Crippen LogP contribution is -2.38. The van der Waals surface area contributed by atoms with E-state index in [9.17, 15) is 4.79 Å². The van der Waals surface area contributed by atoms with Crippen molar-refractivity contribution in [1.82, 2.24) is 20.1 Å². The molecule has 1 N–H and O–H groups in total. The van der Waals surface area contributed by atoms with Crippen LogP contribution in [0.4, 0.5) is 0 Å². The SMILES string of the molecule is Cc1csc(SC2CCC(NC(=O)CCn3nc(C)c(C)c3C)CC2)n1. The van der Waals surface area contributed by atoms with E-state index < -0.39 is 0 Å². The number of aromatic nitrogens is 3. The molecule has 2 heterocycles. The fraction of sp³-hybridized carbons (Fsp3) is 0.632. The molecule has 0 radical (unpaired) electrons. The molecule has 0 aromatic carbocycles. The average molecular weight is 393 g/mol. The molecule has 1 amide bonds. The Bertz CT molecular complexity index is 760. The zero-order valence-corrected chi connectivity index (χ0v) is 17.7. The van der Waals surface area contributed by atoms with Gasteiger partial charge in [0.1, 0.15) is 4.34 Å². The first-order valence-corrected chi connectivity index (χ1v) is 11.1. The van der Waals surface area contributed by atoms with Crippen LogP contribution in [0.2, 0.25) is 0 Å². The Kier molecular flexibility index (Phi) is 6.40. The molecule has 1 fully saturated rings. The van der Waals surface area contributed by atoms with E-state index in [1.807, 2.05) is 30.3 Å². The number of amides is 1. The molecule has 0 atom stereocenters. The van der Waals surface area contributed by atoms with Gasteiger partial charge < -0.3 is 5.32 Å². The Hall–Kier alpha value is -1.34. The first-order valence-electron chi connectivity index (χ1n) is 9.31. The molecule has 5 nitrogen and oxygen atoms in total. The van der Waals surface area contributed by atoms with Gasteiger partial charge in [-0.25, -0.2) is 4.98 Å². The topological polar surface area (TPSA) is 59.8 Å². The van der Waals surface area contributed by atoms with E-state index in [0.717, 1.165) is 42.8 Å². The lowest BCUT2D eigenvalue weighted by Gasteiger charge is -2.28. The Morgan fingerprint density at radius 2 is 2.00 bits per heavy atom. The van der Waals surface area contributed by atoms with Crippen LogP contribution < -0.4 is 5.32 Å². The average Bonchev–Trinajstić information content (AvgIpc) is 3.13. The van der Waals surface area contributed by atoms with Crippen molar-refractivity contribution in [2.45, 2.75) is 82.0 Å². The van der Waals surface area contributed by atoms with Crippen LogP contribution >= 0.6 is 23.1 Å². The molecule has 1 saturated carbocycles. The molecular weight excluding hydrogens is 364 g/mol. The number of hydrogen-bond acceptors (Lipinski definition) is 5. The molecule has 2 aromatic rings. The van der Waals surface area contributed by atoms with Gasteiger partial charge in [-0.2, -0.15) is 5.10 Å². The smallest absolute Gasteiger partial charge is 0.222 e. The second-order valence-electron chi connectivity index (χ2n) is 7.18. The van der Waals surface area contributed by atoms with Crippen LogP contribution in [0, 0.1) is 27.7 Å². The van der Waals surface area contributed by atoms with Gasteiger partial charge in [0.25, 0.3) is 0 Å². The molecule has 2 aromatic heterocycles. The van der Waals surface area contributed by atoms with Crippen molar-refractivity contribution in [3.63, 3.8) is 0 Å². The molecule has 1 aliphatic rings. The summed E-state index contributed by atoms with van der Waals surface area (Å²) >= 11 is 3.64. The van der Waals surface area contributed by atoms with Crippen LogP contribution in [-0.4, -0.2) is 32.0 Å². The van der Waals surface area contributed by atoms with Gasteiger partial charge in [0, 0.05) is 41.0 Å². The lowest BCUT2D eigenvalue weighted by atomic mass is 9.95. The highest BCUT2D eigenvalue weighted by Crippen LogP contribution is 2.35. The van der Waals surface area contributed by atoms with E-state index in [0.29, 0.717) is 24.3 Å². The van der Waals surface area contributed by atoms with Gasteiger partial charge in [0.15, 0.2) is 0 Å². The molecule has 1 aliphatic carbocycles. The molecule has 26 heavy (non-hydrogen) atoms. The van der Waals surface area contributed by atoms with Crippen molar-refractivity contribution in [1.29, 1.82) is 0 Å². The van der Waals surface area contributed by atoms with E-state index in [1.54, 1.807) is 11.3 Å². The maximum Gasteiger partial charge on any atom is 0.222 e. The minimum Gasteiger partial charge on any atom is -0.353 e. The standard InChI is InChI=1S/C19H28N4OS2/c1-12-11-25-19(20-12)26-17-7-5-16(6-8-17)21-18(24)9-10-23-15(4)13(2)14(3)22-23/h11,16-17H,5-10H2,1-4H3,(H,21,24). The van der Waals surface area contributed by atoms with Gasteiger partial charge in [-0.15, -0.1) is 11.3 Å². The molecule has 3 rings (SSSR count). The van der Waals surface area contributed by atoms with Crippen molar-refractivity contribution in [2.24, 2.45) is 0 Å². The van der Waals surface area contributed by atoms with Gasteiger partial charge in [0.05, 0.1) is 5.69 Å². The molecule has 7 heteroatoms. The summed E-state index contributed by atoms with van der Waals surface area (Å²) in [5.41, 5.74) is 4.53. The molecule has 0 aliphatic heterocycles. The molecule has 0 bridgehead atoms. The van der Waals surface area contributed by atoms with Crippen LogP contribution in [0.3, 0.4) is 0 Å². The number of nitrogens with one attached hydrogen (secondary N) is 1. The largest absolute Gasteiger partial charge is 0.353 e. The number of thiazole rings is 1. The predicted molar refractivity (Wildman–Crippen MR) is 108 cm³/mol.